The molecule has 0 aliphatic heterocycles. The van der Waals surface area contributed by atoms with Gasteiger partial charge in [-0.2, -0.15) is 0 Å². The van der Waals surface area contributed by atoms with Gasteiger partial charge in [0.15, 0.2) is 0 Å². The van der Waals surface area contributed by atoms with E-state index < -0.39 is 11.4 Å². The number of oxime groups is 1. The van der Waals surface area contributed by atoms with Gasteiger partial charge < -0.3 is 9.94 Å². The summed E-state index contributed by atoms with van der Waals surface area (Å²) in [4.78, 5) is 17.8. The molecule has 4 heteroatoms. The molecule has 0 radical (unpaired) electrons. The molecule has 1 fully saturated rings. The summed E-state index contributed by atoms with van der Waals surface area (Å²) in [5.74, 6) is 0.0779. The highest BCUT2D eigenvalue weighted by Crippen LogP contribution is 2.57. The van der Waals surface area contributed by atoms with Crippen LogP contribution in [-0.4, -0.2) is 23.4 Å². The van der Waals surface area contributed by atoms with Crippen LogP contribution in [0.25, 0.3) is 0 Å². The van der Waals surface area contributed by atoms with E-state index in [1.807, 2.05) is 6.92 Å². The summed E-state index contributed by atoms with van der Waals surface area (Å²) in [5.41, 5.74) is 5.32. The molecule has 3 atom stereocenters. The summed E-state index contributed by atoms with van der Waals surface area (Å²) in [6, 6.07) is 4.70. The average molecular weight is 426 g/mol. The molecule has 0 bridgehead atoms. The maximum Gasteiger partial charge on any atom is 0.309 e. The Balaban J connectivity index is 2.19. The van der Waals surface area contributed by atoms with Crippen molar-refractivity contribution in [2.75, 3.05) is 6.61 Å². The smallest absolute Gasteiger partial charge is 0.309 e. The average Bonchev–Trinajstić information content (AvgIpc) is 2.70. The van der Waals surface area contributed by atoms with Gasteiger partial charge in [-0.05, 0) is 78.5 Å². The summed E-state index contributed by atoms with van der Waals surface area (Å²) in [5, 5.41) is 14.6. The van der Waals surface area contributed by atoms with Crippen LogP contribution < -0.4 is 0 Å². The maximum atomic E-state index is 12.3. The number of hydrogen-bond donors (Lipinski definition) is 1. The number of rotatable bonds is 7. The van der Waals surface area contributed by atoms with Crippen molar-refractivity contribution in [3.8, 4) is 0 Å². The minimum Gasteiger partial charge on any atom is -0.481 e. The fourth-order valence-corrected chi connectivity index (χ4v) is 6.12. The number of benzene rings is 1. The van der Waals surface area contributed by atoms with Crippen LogP contribution >= 0.6 is 0 Å². The Kier molecular flexibility index (Phi) is 6.69. The molecule has 0 spiro atoms. The minimum atomic E-state index is -0.663. The SMILES string of the molecule is C=CCON=C(c1cc2c(cc1C(C)C)CC[C@H]1[C@](C)(C(=O)O)CCC[C@]21C)C(C)C. The Labute approximate surface area is 187 Å². The molecule has 0 heterocycles. The van der Waals surface area contributed by atoms with E-state index in [9.17, 15) is 9.90 Å². The third-order valence-corrected chi connectivity index (χ3v) is 7.81. The van der Waals surface area contributed by atoms with Gasteiger partial charge in [0.2, 0.25) is 0 Å². The van der Waals surface area contributed by atoms with Crippen molar-refractivity contribution < 1.29 is 14.7 Å². The van der Waals surface area contributed by atoms with Gasteiger partial charge in [0.25, 0.3) is 0 Å². The van der Waals surface area contributed by atoms with Crippen LogP contribution in [0.3, 0.4) is 0 Å². The second-order valence-corrected chi connectivity index (χ2v) is 10.6. The lowest BCUT2D eigenvalue weighted by molar-refractivity contribution is -0.157. The number of nitrogens with zero attached hydrogens (tertiary/aromatic N) is 1. The zero-order chi connectivity index (χ0) is 23.0. The molecule has 1 aromatic rings. The maximum absolute atomic E-state index is 12.3. The van der Waals surface area contributed by atoms with E-state index in [-0.39, 0.29) is 17.3 Å². The molecule has 1 aromatic carbocycles. The molecule has 4 nitrogen and oxygen atoms in total. The van der Waals surface area contributed by atoms with Crippen LogP contribution in [0.2, 0.25) is 0 Å². The lowest BCUT2D eigenvalue weighted by Gasteiger charge is -2.53. The van der Waals surface area contributed by atoms with E-state index in [0.29, 0.717) is 12.5 Å². The minimum absolute atomic E-state index is 0.132. The largest absolute Gasteiger partial charge is 0.481 e. The molecule has 3 rings (SSSR count). The highest BCUT2D eigenvalue weighted by molar-refractivity contribution is 6.03. The molecular weight excluding hydrogens is 386 g/mol. The number of fused-ring (bicyclic) bond motifs is 3. The number of carbonyl (C=O) groups is 1. The molecule has 0 aromatic heterocycles. The Morgan fingerprint density at radius 1 is 1.29 bits per heavy atom. The van der Waals surface area contributed by atoms with Gasteiger partial charge in [0, 0.05) is 5.56 Å². The van der Waals surface area contributed by atoms with E-state index in [2.05, 4.69) is 58.5 Å². The van der Waals surface area contributed by atoms with Gasteiger partial charge >= 0.3 is 5.97 Å². The van der Waals surface area contributed by atoms with Crippen molar-refractivity contribution in [3.05, 3.63) is 47.0 Å². The quantitative estimate of drug-likeness (QED) is 0.236. The molecule has 0 saturated heterocycles. The van der Waals surface area contributed by atoms with Crippen LogP contribution in [0.4, 0.5) is 0 Å². The van der Waals surface area contributed by atoms with Crippen LogP contribution in [0.5, 0.6) is 0 Å². The predicted octanol–water partition coefficient (Wildman–Crippen LogP) is 6.47. The van der Waals surface area contributed by atoms with Crippen molar-refractivity contribution in [1.29, 1.82) is 0 Å². The Bertz CT molecular complexity index is 885. The van der Waals surface area contributed by atoms with Crippen LogP contribution in [0, 0.1) is 17.3 Å². The van der Waals surface area contributed by atoms with Crippen molar-refractivity contribution >= 4 is 11.7 Å². The first-order chi connectivity index (χ1) is 14.6. The second-order valence-electron chi connectivity index (χ2n) is 10.6. The van der Waals surface area contributed by atoms with Crippen molar-refractivity contribution in [2.24, 2.45) is 22.4 Å². The first kappa shape index (κ1) is 23.6. The molecule has 1 N–H and O–H groups in total. The molecular formula is C27H39NO3. The lowest BCUT2D eigenvalue weighted by Crippen LogP contribution is -2.52. The van der Waals surface area contributed by atoms with Crippen LogP contribution in [0.1, 0.15) is 95.4 Å². The van der Waals surface area contributed by atoms with E-state index in [4.69, 9.17) is 4.84 Å². The van der Waals surface area contributed by atoms with E-state index in [0.717, 1.165) is 43.4 Å². The van der Waals surface area contributed by atoms with Crippen molar-refractivity contribution in [3.63, 3.8) is 0 Å². The summed E-state index contributed by atoms with van der Waals surface area (Å²) >= 11 is 0. The van der Waals surface area contributed by atoms with Gasteiger partial charge in [-0.15, -0.1) is 0 Å². The molecule has 0 unspecified atom stereocenters. The zero-order valence-corrected chi connectivity index (χ0v) is 20.1. The normalized spacial score (nSPS) is 28.3. The molecule has 0 amide bonds. The van der Waals surface area contributed by atoms with Crippen molar-refractivity contribution in [2.45, 2.75) is 85.0 Å². The van der Waals surface area contributed by atoms with E-state index in [1.54, 1.807) is 6.08 Å². The number of aryl methyl sites for hydroxylation is 1. The van der Waals surface area contributed by atoms with Gasteiger partial charge in [-0.3, -0.25) is 4.79 Å². The fraction of sp³-hybridized carbons (Fsp3) is 0.630. The Hall–Kier alpha value is -2.10. The summed E-state index contributed by atoms with van der Waals surface area (Å²) in [6.45, 7) is 17.1. The van der Waals surface area contributed by atoms with Crippen LogP contribution in [-0.2, 0) is 21.5 Å². The van der Waals surface area contributed by atoms with E-state index in [1.165, 1.54) is 16.7 Å². The number of aliphatic carboxylic acids is 1. The topological polar surface area (TPSA) is 58.9 Å². The molecule has 170 valence electrons. The number of hydrogen-bond acceptors (Lipinski definition) is 3. The monoisotopic (exact) mass is 425 g/mol. The van der Waals surface area contributed by atoms with E-state index >= 15 is 0 Å². The fourth-order valence-electron chi connectivity index (χ4n) is 6.12. The zero-order valence-electron chi connectivity index (χ0n) is 20.1. The summed E-state index contributed by atoms with van der Waals surface area (Å²) in [6.07, 6.45) is 6.34. The van der Waals surface area contributed by atoms with Gasteiger partial charge in [0.1, 0.15) is 6.61 Å². The first-order valence-electron chi connectivity index (χ1n) is 11.8. The van der Waals surface area contributed by atoms with Crippen LogP contribution in [0.15, 0.2) is 29.9 Å². The Morgan fingerprint density at radius 3 is 2.58 bits per heavy atom. The highest BCUT2D eigenvalue weighted by atomic mass is 16.6. The molecule has 1 saturated carbocycles. The predicted molar refractivity (Wildman–Crippen MR) is 127 cm³/mol. The molecule has 2 aliphatic rings. The van der Waals surface area contributed by atoms with Gasteiger partial charge in [0.05, 0.1) is 11.1 Å². The Morgan fingerprint density at radius 2 is 2.00 bits per heavy atom. The lowest BCUT2D eigenvalue weighted by atomic mass is 9.49. The molecule has 2 aliphatic carbocycles. The van der Waals surface area contributed by atoms with Gasteiger partial charge in [-0.1, -0.05) is 64.9 Å². The standard InChI is InChI=1S/C27H39NO3/c1-8-14-31-28-24(18(4)5)21-16-22-19(15-20(21)17(2)3)10-11-23-26(22,6)12-9-13-27(23,7)25(29)30/h8,15-18,23H,1,9-14H2,2-7H3,(H,29,30)/t23-,26-,27-/m1/s1. The molecule has 31 heavy (non-hydrogen) atoms. The number of carboxylic acid groups (broad SMARTS) is 1. The van der Waals surface area contributed by atoms with Crippen molar-refractivity contribution in [1.82, 2.24) is 0 Å². The summed E-state index contributed by atoms with van der Waals surface area (Å²) < 4.78 is 0. The highest BCUT2D eigenvalue weighted by Gasteiger charge is 2.55. The summed E-state index contributed by atoms with van der Waals surface area (Å²) in [7, 11) is 0. The second kappa shape index (κ2) is 8.80. The first-order valence-corrected chi connectivity index (χ1v) is 11.8. The van der Waals surface area contributed by atoms with Gasteiger partial charge in [-0.25, -0.2) is 0 Å². The third kappa shape index (κ3) is 4.06. The third-order valence-electron chi connectivity index (χ3n) is 7.81. The number of carboxylic acids is 1.